The fourth-order valence-corrected chi connectivity index (χ4v) is 20.0. The molecular formula is C40H70S2Sn2. The molecule has 0 nitrogen and oxygen atoms in total. The quantitative estimate of drug-likeness (QED) is 0.0698. The van der Waals surface area contributed by atoms with Crippen molar-refractivity contribution >= 4 is 85.4 Å². The van der Waals surface area contributed by atoms with Crippen LogP contribution in [0, 0.1) is 11.8 Å². The molecular weight excluding hydrogens is 782 g/mol. The van der Waals surface area contributed by atoms with Crippen LogP contribution >= 0.6 is 22.7 Å². The van der Waals surface area contributed by atoms with E-state index in [0.29, 0.717) is 0 Å². The maximum atomic E-state index is 2.77. The number of rotatable bonds is 22. The first-order valence-electron chi connectivity index (χ1n) is 19.0. The maximum absolute atomic E-state index is 2.77. The first-order valence-corrected chi connectivity index (χ1v) is 40.6. The first-order chi connectivity index (χ1) is 20.9. The van der Waals surface area contributed by atoms with Gasteiger partial charge in [0.15, 0.2) is 0 Å². The topological polar surface area (TPSA) is 0 Å². The number of benzene rings is 1. The molecule has 0 aliphatic rings. The van der Waals surface area contributed by atoms with Gasteiger partial charge >= 0.3 is 293 Å². The fraction of sp³-hybridized carbons (Fsp3) is 0.750. The molecule has 250 valence electrons. The molecule has 0 N–H and O–H groups in total. The molecule has 2 atom stereocenters. The van der Waals surface area contributed by atoms with Crippen LogP contribution in [0.2, 0.25) is 29.6 Å². The summed E-state index contributed by atoms with van der Waals surface area (Å²) >= 11 is 0.0582. The molecule has 2 heterocycles. The number of unbranched alkanes of at least 4 members (excludes halogenated alkanes) is 8. The van der Waals surface area contributed by atoms with Gasteiger partial charge in [-0.15, -0.1) is 0 Å². The zero-order valence-electron chi connectivity index (χ0n) is 30.9. The van der Waals surface area contributed by atoms with Crippen LogP contribution < -0.4 is 5.79 Å². The average molecular weight is 853 g/mol. The molecule has 2 unspecified atom stereocenters. The zero-order valence-corrected chi connectivity index (χ0v) is 38.2. The van der Waals surface area contributed by atoms with Gasteiger partial charge in [-0.25, -0.2) is 0 Å². The van der Waals surface area contributed by atoms with Crippen LogP contribution in [0.5, 0.6) is 0 Å². The first kappa shape index (κ1) is 39.2. The molecule has 0 saturated heterocycles. The van der Waals surface area contributed by atoms with Gasteiger partial charge in [-0.2, -0.15) is 0 Å². The molecule has 1 aromatic carbocycles. The minimum absolute atomic E-state index is 0.838. The van der Waals surface area contributed by atoms with Crippen molar-refractivity contribution in [2.24, 2.45) is 11.8 Å². The SMILES string of the molecule is CCCCCCC(CCCC)Cc1c2c[c]([Sn]([CH3])([CH3])[CH3])sc2c(CC(CCCC)CCCCCC)c2c[c]([Sn]([CH3])([CH3])[CH3])sc12. The van der Waals surface area contributed by atoms with Crippen molar-refractivity contribution in [1.29, 1.82) is 0 Å². The summed E-state index contributed by atoms with van der Waals surface area (Å²) < 4.78 is 7.03. The van der Waals surface area contributed by atoms with Crippen molar-refractivity contribution in [3.05, 3.63) is 23.3 Å². The minimum atomic E-state index is -2.23. The molecule has 0 aliphatic heterocycles. The van der Waals surface area contributed by atoms with E-state index in [2.05, 4.69) is 92.1 Å². The Labute approximate surface area is 290 Å². The van der Waals surface area contributed by atoms with E-state index in [9.17, 15) is 0 Å². The normalized spacial score (nSPS) is 14.2. The summed E-state index contributed by atoms with van der Waals surface area (Å²) in [6.45, 7) is 9.48. The number of fused-ring (bicyclic) bond motifs is 2. The fourth-order valence-electron chi connectivity index (χ4n) is 7.05. The van der Waals surface area contributed by atoms with E-state index >= 15 is 0 Å². The van der Waals surface area contributed by atoms with E-state index in [1.807, 2.05) is 0 Å². The Morgan fingerprint density at radius 2 is 0.818 bits per heavy atom. The van der Waals surface area contributed by atoms with E-state index in [4.69, 9.17) is 0 Å². The van der Waals surface area contributed by atoms with Gasteiger partial charge < -0.3 is 0 Å². The Morgan fingerprint density at radius 1 is 0.477 bits per heavy atom. The summed E-state index contributed by atoms with van der Waals surface area (Å²) in [4.78, 5) is 15.9. The van der Waals surface area contributed by atoms with Gasteiger partial charge in [0, 0.05) is 0 Å². The third-order valence-electron chi connectivity index (χ3n) is 9.99. The van der Waals surface area contributed by atoms with Crippen LogP contribution in [0.15, 0.2) is 12.1 Å². The Hall–Kier alpha value is 0.737. The van der Waals surface area contributed by atoms with Crippen molar-refractivity contribution in [3.8, 4) is 0 Å². The second-order valence-electron chi connectivity index (χ2n) is 16.3. The molecule has 0 amide bonds. The molecule has 0 radical (unpaired) electrons. The van der Waals surface area contributed by atoms with Crippen molar-refractivity contribution in [2.45, 2.75) is 173 Å². The van der Waals surface area contributed by atoms with E-state index < -0.39 is 36.8 Å². The van der Waals surface area contributed by atoms with Gasteiger partial charge in [0.2, 0.25) is 0 Å². The van der Waals surface area contributed by atoms with Gasteiger partial charge in [-0.1, -0.05) is 0 Å². The zero-order chi connectivity index (χ0) is 32.3. The van der Waals surface area contributed by atoms with Gasteiger partial charge in [0.25, 0.3) is 0 Å². The Kier molecular flexibility index (Phi) is 17.0. The Bertz CT molecular complexity index is 1100. The summed E-state index contributed by atoms with van der Waals surface area (Å²) in [7, 11) is 0. The second-order valence-corrected chi connectivity index (χ2v) is 49.2. The standard InChI is InChI=1S/C34H52S2.6CH3.2Sn/c1-5-9-13-15-19-27(17-11-7-3)25-31-29-21-23-36-34(29)32(30-22-24-35-33(30)31)26-28(18-12-8-4)20-16-14-10-6-2;;;;;;;;/h21-22,27-28H,5-20,25-26H2,1-4H3;6*1H3;;. The van der Waals surface area contributed by atoms with E-state index in [1.165, 1.54) is 116 Å². The molecule has 0 aliphatic carbocycles. The number of thiophene rings is 2. The van der Waals surface area contributed by atoms with Crippen molar-refractivity contribution in [3.63, 3.8) is 0 Å². The molecule has 3 rings (SSSR count). The van der Waals surface area contributed by atoms with Gasteiger partial charge in [-0.05, 0) is 0 Å². The van der Waals surface area contributed by atoms with Gasteiger partial charge in [-0.3, -0.25) is 0 Å². The predicted octanol–water partition coefficient (Wildman–Crippen LogP) is 13.8. The number of hydrogen-bond donors (Lipinski definition) is 0. The van der Waals surface area contributed by atoms with E-state index in [0.717, 1.165) is 11.8 Å². The van der Waals surface area contributed by atoms with Crippen molar-refractivity contribution in [1.82, 2.24) is 0 Å². The van der Waals surface area contributed by atoms with Crippen LogP contribution in [-0.2, 0) is 12.8 Å². The van der Waals surface area contributed by atoms with Crippen LogP contribution in [0.4, 0.5) is 0 Å². The molecule has 44 heavy (non-hydrogen) atoms. The molecule has 4 heteroatoms. The van der Waals surface area contributed by atoms with E-state index in [1.54, 1.807) is 37.1 Å². The molecule has 0 bridgehead atoms. The van der Waals surface area contributed by atoms with Crippen LogP contribution in [-0.4, -0.2) is 36.8 Å². The summed E-state index contributed by atoms with van der Waals surface area (Å²) in [6.07, 6.45) is 24.9. The molecule has 2 aromatic heterocycles. The van der Waals surface area contributed by atoms with Gasteiger partial charge in [0.1, 0.15) is 0 Å². The molecule has 0 saturated carbocycles. The predicted molar refractivity (Wildman–Crippen MR) is 214 cm³/mol. The van der Waals surface area contributed by atoms with Gasteiger partial charge in [0.05, 0.1) is 0 Å². The summed E-state index contributed by atoms with van der Waals surface area (Å²) in [5, 5.41) is 3.40. The Morgan fingerprint density at radius 3 is 1.14 bits per heavy atom. The monoisotopic (exact) mass is 854 g/mol. The second kappa shape index (κ2) is 19.1. The average Bonchev–Trinajstić information content (AvgIpc) is 3.62. The van der Waals surface area contributed by atoms with Crippen molar-refractivity contribution in [2.75, 3.05) is 0 Å². The molecule has 0 fully saturated rings. The van der Waals surface area contributed by atoms with Crippen LogP contribution in [0.25, 0.3) is 20.2 Å². The Balaban J connectivity index is 2.21. The third kappa shape index (κ3) is 11.4. The number of hydrogen-bond acceptors (Lipinski definition) is 2. The summed E-state index contributed by atoms with van der Waals surface area (Å²) in [5.41, 5.74) is 3.54. The molecule has 3 aromatic rings. The van der Waals surface area contributed by atoms with E-state index in [-0.39, 0.29) is 0 Å². The summed E-state index contributed by atoms with van der Waals surface area (Å²) in [5.74, 6) is 1.68. The van der Waals surface area contributed by atoms with Crippen LogP contribution in [0.1, 0.15) is 142 Å². The third-order valence-corrected chi connectivity index (χ3v) is 31.2. The summed E-state index contributed by atoms with van der Waals surface area (Å²) in [6, 6.07) is 5.54. The van der Waals surface area contributed by atoms with Crippen LogP contribution in [0.3, 0.4) is 0 Å². The molecule has 0 spiro atoms. The van der Waals surface area contributed by atoms with Crippen molar-refractivity contribution < 1.29 is 0 Å².